The summed E-state index contributed by atoms with van der Waals surface area (Å²) in [6.07, 6.45) is 13.6. The third-order valence-corrected chi connectivity index (χ3v) is 10.4. The van der Waals surface area contributed by atoms with Crippen LogP contribution in [0, 0.1) is 5.92 Å². The molecule has 0 amide bonds. The number of anilines is 3. The Morgan fingerprint density at radius 2 is 1.76 bits per heavy atom. The normalized spacial score (nSPS) is 19.1. The average molecular weight is 634 g/mol. The summed E-state index contributed by atoms with van der Waals surface area (Å²) in [5.74, 6) is 2.11. The van der Waals surface area contributed by atoms with Crippen molar-refractivity contribution in [1.82, 2.24) is 34.0 Å². The Balaban J connectivity index is 1.24. The van der Waals surface area contributed by atoms with Crippen LogP contribution in [0.4, 0.5) is 21.7 Å². The van der Waals surface area contributed by atoms with Crippen molar-refractivity contribution >= 4 is 27.3 Å². The van der Waals surface area contributed by atoms with E-state index in [-0.39, 0.29) is 5.25 Å². The predicted molar refractivity (Wildman–Crippen MR) is 173 cm³/mol. The molecular formula is C32H40FN9O2S. The molecule has 0 atom stereocenters. The van der Waals surface area contributed by atoms with Gasteiger partial charge in [-0.3, -0.25) is 4.98 Å². The number of alkyl halides is 1. The summed E-state index contributed by atoms with van der Waals surface area (Å²) in [6.45, 7) is 4.14. The molecule has 238 valence electrons. The van der Waals surface area contributed by atoms with Crippen LogP contribution in [0.2, 0.25) is 0 Å². The first kappa shape index (κ1) is 31.0. The number of halogens is 1. The van der Waals surface area contributed by atoms with Crippen LogP contribution in [-0.4, -0.2) is 74.4 Å². The molecule has 0 radical (unpaired) electrons. The molecule has 2 fully saturated rings. The number of nitrogens with one attached hydrogen (secondary N) is 2. The Morgan fingerprint density at radius 3 is 2.42 bits per heavy atom. The molecule has 0 bridgehead atoms. The molecule has 6 rings (SSSR count). The van der Waals surface area contributed by atoms with Gasteiger partial charge in [0.2, 0.25) is 0 Å². The van der Waals surface area contributed by atoms with Crippen molar-refractivity contribution in [2.45, 2.75) is 69.3 Å². The molecular weight excluding hydrogens is 593 g/mol. The van der Waals surface area contributed by atoms with E-state index >= 15 is 0 Å². The monoisotopic (exact) mass is 633 g/mol. The number of nitrogens with zero attached hydrogens (tertiary/aromatic N) is 7. The van der Waals surface area contributed by atoms with Crippen LogP contribution >= 0.6 is 0 Å². The van der Waals surface area contributed by atoms with Gasteiger partial charge in [0.25, 0.3) is 10.0 Å². The van der Waals surface area contributed by atoms with Gasteiger partial charge in [-0.15, -0.1) is 0 Å². The summed E-state index contributed by atoms with van der Waals surface area (Å²) in [5, 5.41) is 10.7. The zero-order valence-electron chi connectivity index (χ0n) is 26.1. The topological polar surface area (TPSA) is 131 Å². The lowest BCUT2D eigenvalue weighted by atomic mass is 9.85. The van der Waals surface area contributed by atoms with Crippen LogP contribution in [0.1, 0.15) is 57.9 Å². The standard InChI is InChI=1S/C32H40FN9O2S/c1-32(2,33)23-7-12-27(35-17-23)26-18-36-30(15-28(26)38-24-8-5-21(6-9-24)19-41(3)4)39-29-13-14-34-31(40-29)22-16-37-42(20-22)45(43,44)25-10-11-25/h7,12-18,20-21,24-25H,5-6,8-11,19H2,1-4H3,(H2,34,36,38,39,40). The van der Waals surface area contributed by atoms with Gasteiger partial charge in [-0.25, -0.2) is 27.8 Å². The lowest BCUT2D eigenvalue weighted by molar-refractivity contribution is 0.221. The molecule has 2 saturated carbocycles. The van der Waals surface area contributed by atoms with Crippen LogP contribution in [0.15, 0.2) is 55.2 Å². The molecule has 0 aliphatic heterocycles. The van der Waals surface area contributed by atoms with Gasteiger partial charge < -0.3 is 15.5 Å². The third kappa shape index (κ3) is 7.30. The van der Waals surface area contributed by atoms with Gasteiger partial charge in [0, 0.05) is 54.1 Å². The second-order valence-electron chi connectivity index (χ2n) is 12.9. The zero-order chi connectivity index (χ0) is 31.8. The summed E-state index contributed by atoms with van der Waals surface area (Å²) >= 11 is 0. The fraction of sp³-hybridized carbons (Fsp3) is 0.469. The zero-order valence-corrected chi connectivity index (χ0v) is 26.9. The third-order valence-electron chi connectivity index (χ3n) is 8.40. The van der Waals surface area contributed by atoms with E-state index in [2.05, 4.69) is 54.7 Å². The number of aromatic nitrogens is 6. The van der Waals surface area contributed by atoms with Crippen molar-refractivity contribution in [3.05, 3.63) is 60.8 Å². The number of rotatable bonds is 11. The van der Waals surface area contributed by atoms with Crippen LogP contribution in [-0.2, 0) is 15.7 Å². The molecule has 2 aliphatic carbocycles. The van der Waals surface area contributed by atoms with Crippen LogP contribution in [0.5, 0.6) is 0 Å². The van der Waals surface area contributed by atoms with Crippen molar-refractivity contribution in [2.75, 3.05) is 31.3 Å². The quantitative estimate of drug-likeness (QED) is 0.215. The maximum absolute atomic E-state index is 14.5. The molecule has 4 aromatic rings. The second-order valence-corrected chi connectivity index (χ2v) is 15.0. The average Bonchev–Trinajstić information content (AvgIpc) is 3.75. The fourth-order valence-corrected chi connectivity index (χ4v) is 7.23. The number of pyridine rings is 2. The van der Waals surface area contributed by atoms with Gasteiger partial charge in [0.1, 0.15) is 17.3 Å². The Hall–Kier alpha value is -3.97. The molecule has 11 nitrogen and oxygen atoms in total. The molecule has 0 saturated heterocycles. The van der Waals surface area contributed by atoms with Crippen LogP contribution < -0.4 is 10.6 Å². The molecule has 4 heterocycles. The van der Waals surface area contributed by atoms with E-state index in [9.17, 15) is 12.8 Å². The van der Waals surface area contributed by atoms with Crippen LogP contribution in [0.3, 0.4) is 0 Å². The fourth-order valence-electron chi connectivity index (χ4n) is 5.75. The van der Waals surface area contributed by atoms with E-state index in [1.165, 1.54) is 26.2 Å². The molecule has 2 aliphatic rings. The van der Waals surface area contributed by atoms with Crippen molar-refractivity contribution in [2.24, 2.45) is 5.92 Å². The van der Waals surface area contributed by atoms with E-state index in [0.717, 1.165) is 47.6 Å². The summed E-state index contributed by atoms with van der Waals surface area (Å²) < 4.78 is 40.7. The minimum Gasteiger partial charge on any atom is -0.382 e. The van der Waals surface area contributed by atoms with Gasteiger partial charge in [-0.2, -0.15) is 9.19 Å². The van der Waals surface area contributed by atoms with Gasteiger partial charge >= 0.3 is 0 Å². The van der Waals surface area contributed by atoms with Gasteiger partial charge in [0.05, 0.1) is 28.9 Å². The Labute approximate surface area is 263 Å². The summed E-state index contributed by atoms with van der Waals surface area (Å²) in [6, 6.07) is 7.57. The lowest BCUT2D eigenvalue weighted by Crippen LogP contribution is -2.31. The highest BCUT2D eigenvalue weighted by Crippen LogP contribution is 2.34. The Kier molecular flexibility index (Phi) is 8.57. The SMILES string of the molecule is CN(C)CC1CCC(Nc2cc(Nc3ccnc(-c4cnn(S(=O)(=O)C5CC5)c4)n3)ncc2-c2ccc(C(C)(C)F)cn2)CC1. The van der Waals surface area contributed by atoms with E-state index in [1.807, 2.05) is 12.1 Å². The van der Waals surface area contributed by atoms with Crippen molar-refractivity contribution in [1.29, 1.82) is 0 Å². The number of hydrogen-bond acceptors (Lipinski definition) is 10. The Bertz CT molecular complexity index is 1740. The molecule has 45 heavy (non-hydrogen) atoms. The van der Waals surface area contributed by atoms with Gasteiger partial charge in [0.15, 0.2) is 5.82 Å². The largest absolute Gasteiger partial charge is 0.382 e. The first-order valence-electron chi connectivity index (χ1n) is 15.4. The minimum absolute atomic E-state index is 0.301. The second kappa shape index (κ2) is 12.4. The highest BCUT2D eigenvalue weighted by Gasteiger charge is 2.37. The van der Waals surface area contributed by atoms with Crippen LogP contribution in [0.25, 0.3) is 22.6 Å². The summed E-state index contributed by atoms with van der Waals surface area (Å²) in [5.41, 5.74) is 1.94. The molecule has 4 aromatic heterocycles. The molecule has 13 heteroatoms. The van der Waals surface area contributed by atoms with E-state index < -0.39 is 15.7 Å². The molecule has 0 aromatic carbocycles. The highest BCUT2D eigenvalue weighted by atomic mass is 32.2. The maximum atomic E-state index is 14.5. The summed E-state index contributed by atoms with van der Waals surface area (Å²) in [7, 11) is 0.763. The van der Waals surface area contributed by atoms with E-state index in [1.54, 1.807) is 30.7 Å². The van der Waals surface area contributed by atoms with Gasteiger partial charge in [-0.05, 0) is 84.5 Å². The molecule has 0 spiro atoms. The van der Waals surface area contributed by atoms with E-state index in [0.29, 0.717) is 59.1 Å². The van der Waals surface area contributed by atoms with E-state index in [4.69, 9.17) is 0 Å². The van der Waals surface area contributed by atoms with Crippen molar-refractivity contribution < 1.29 is 12.8 Å². The minimum atomic E-state index is -3.48. The molecule has 2 N–H and O–H groups in total. The molecule has 0 unspecified atom stereocenters. The van der Waals surface area contributed by atoms with Crippen molar-refractivity contribution in [3.8, 4) is 22.6 Å². The lowest BCUT2D eigenvalue weighted by Gasteiger charge is -2.31. The maximum Gasteiger partial charge on any atom is 0.256 e. The smallest absolute Gasteiger partial charge is 0.256 e. The van der Waals surface area contributed by atoms with Gasteiger partial charge in [-0.1, -0.05) is 6.07 Å². The number of hydrogen-bond donors (Lipinski definition) is 2. The first-order chi connectivity index (χ1) is 21.5. The Morgan fingerprint density at radius 1 is 0.978 bits per heavy atom. The summed E-state index contributed by atoms with van der Waals surface area (Å²) in [4.78, 5) is 20.4. The predicted octanol–water partition coefficient (Wildman–Crippen LogP) is 5.62. The first-order valence-corrected chi connectivity index (χ1v) is 16.9. The highest BCUT2D eigenvalue weighted by molar-refractivity contribution is 7.90. The van der Waals surface area contributed by atoms with Crippen molar-refractivity contribution in [3.63, 3.8) is 0 Å².